The maximum absolute atomic E-state index is 5.16. The van der Waals surface area contributed by atoms with Gasteiger partial charge in [0.1, 0.15) is 0 Å². The summed E-state index contributed by atoms with van der Waals surface area (Å²) in [5.41, 5.74) is 8.64. The maximum atomic E-state index is 5.16. The van der Waals surface area contributed by atoms with Crippen molar-refractivity contribution < 1.29 is 17.3 Å². The Morgan fingerprint density at radius 3 is 1.80 bits per heavy atom. The standard InChI is InChI=1S/C8H9N3S.C6H6.ClH.Ru/c9-8(12)11-10-6-7-4-2-1-3-5-7;1-2-4-6-5-3-1;;/h1-6H,(H3,9,11,12);1-6H;1H;/q;;;+2/p-1/b10-6+;;;. The van der Waals surface area contributed by atoms with Crippen LogP contribution in [-0.2, 0) is 17.3 Å². The third-order valence-electron chi connectivity index (χ3n) is 1.85. The first-order chi connectivity index (χ1) is 9.79. The second kappa shape index (κ2) is 14.1. The zero-order chi connectivity index (χ0) is 15.1. The molecule has 3 N–H and O–H groups in total. The first-order valence-corrected chi connectivity index (χ1v) is 8.20. The van der Waals surface area contributed by atoms with E-state index in [0.717, 1.165) is 5.56 Å². The minimum absolute atomic E-state index is 0.169. The van der Waals surface area contributed by atoms with Crippen molar-refractivity contribution in [2.45, 2.75) is 0 Å². The third-order valence-corrected chi connectivity index (χ3v) is 1.95. The number of thiocarbonyl (C=S) groups is 1. The van der Waals surface area contributed by atoms with E-state index in [1.807, 2.05) is 84.0 Å². The van der Waals surface area contributed by atoms with Crippen LogP contribution in [-0.4, -0.2) is 11.3 Å². The van der Waals surface area contributed by atoms with Gasteiger partial charge < -0.3 is 5.73 Å². The van der Waals surface area contributed by atoms with Gasteiger partial charge in [-0.25, -0.2) is 0 Å². The second-order valence-corrected chi connectivity index (χ2v) is 3.74. The number of hydrogen-bond acceptors (Lipinski definition) is 2. The molecule has 0 aromatic heterocycles. The molecule has 0 atom stereocenters. The molecule has 0 aliphatic carbocycles. The van der Waals surface area contributed by atoms with E-state index in [2.05, 4.69) is 32.4 Å². The molecule has 2 aromatic carbocycles. The Hall–Kier alpha value is -1.29. The zero-order valence-corrected chi connectivity index (χ0v) is 13.9. The van der Waals surface area contributed by atoms with E-state index in [-0.39, 0.29) is 5.11 Å². The van der Waals surface area contributed by atoms with Gasteiger partial charge in [0, 0.05) is 0 Å². The quantitative estimate of drug-likeness (QED) is 0.356. The van der Waals surface area contributed by atoms with Crippen LogP contribution in [0, 0.1) is 0 Å². The minimum atomic E-state index is 0.169. The number of halogens is 1. The molecule has 3 nitrogen and oxygen atoms in total. The SMILES string of the molecule is NC(=S)N/N=C/c1ccccc1.[Cl][Ru+].c1ccccc1. The summed E-state index contributed by atoms with van der Waals surface area (Å²) in [7, 11) is 4.57. The number of hydrazone groups is 1. The number of nitrogens with zero attached hydrogens (tertiary/aromatic N) is 1. The summed E-state index contributed by atoms with van der Waals surface area (Å²) in [4.78, 5) is 0. The molecule has 0 spiro atoms. The van der Waals surface area contributed by atoms with E-state index in [4.69, 9.17) is 5.73 Å². The van der Waals surface area contributed by atoms with Gasteiger partial charge in [-0.05, 0) is 17.8 Å². The molecule has 0 bridgehead atoms. The summed E-state index contributed by atoms with van der Waals surface area (Å²) in [6, 6.07) is 21.7. The molecule has 0 saturated heterocycles. The van der Waals surface area contributed by atoms with Crippen LogP contribution in [0.25, 0.3) is 0 Å². The number of benzene rings is 2. The van der Waals surface area contributed by atoms with Crippen molar-refractivity contribution in [2.75, 3.05) is 0 Å². The third kappa shape index (κ3) is 11.8. The van der Waals surface area contributed by atoms with Crippen LogP contribution in [0.15, 0.2) is 71.8 Å². The van der Waals surface area contributed by atoms with Crippen molar-refractivity contribution in [3.8, 4) is 0 Å². The Bertz CT molecular complexity index is 454. The molecule has 0 heterocycles. The van der Waals surface area contributed by atoms with Crippen molar-refractivity contribution in [1.29, 1.82) is 0 Å². The second-order valence-electron chi connectivity index (χ2n) is 3.30. The van der Waals surface area contributed by atoms with Crippen LogP contribution in [0.2, 0.25) is 0 Å². The van der Waals surface area contributed by atoms with E-state index in [1.165, 1.54) is 0 Å². The molecule has 0 fully saturated rings. The predicted molar refractivity (Wildman–Crippen MR) is 86.3 cm³/mol. The largest absolute Gasteiger partial charge is 0.0623 e. The van der Waals surface area contributed by atoms with E-state index in [1.54, 1.807) is 6.21 Å². The van der Waals surface area contributed by atoms with Crippen LogP contribution in [0.5, 0.6) is 0 Å². The Labute approximate surface area is 138 Å². The topological polar surface area (TPSA) is 50.4 Å². The molecule has 20 heavy (non-hydrogen) atoms. The molecule has 2 rings (SSSR count). The van der Waals surface area contributed by atoms with Gasteiger partial charge in [-0.1, -0.05) is 66.7 Å². The van der Waals surface area contributed by atoms with Gasteiger partial charge in [-0.2, -0.15) is 5.10 Å². The number of rotatable bonds is 2. The van der Waals surface area contributed by atoms with Crippen molar-refractivity contribution in [2.24, 2.45) is 10.8 Å². The number of nitrogens with one attached hydrogen (secondary N) is 1. The summed E-state index contributed by atoms with van der Waals surface area (Å²) in [6.45, 7) is 0. The summed E-state index contributed by atoms with van der Waals surface area (Å²) < 4.78 is 0. The zero-order valence-electron chi connectivity index (χ0n) is 10.6. The minimum Gasteiger partial charge on any atom is -0.0623 e. The summed E-state index contributed by atoms with van der Waals surface area (Å²) >= 11 is 6.39. The summed E-state index contributed by atoms with van der Waals surface area (Å²) in [5, 5.41) is 3.97. The monoisotopic (exact) mass is 394 g/mol. The van der Waals surface area contributed by atoms with Crippen molar-refractivity contribution in [3.05, 3.63) is 72.3 Å². The molecule has 106 valence electrons. The van der Waals surface area contributed by atoms with Crippen LogP contribution >= 0.6 is 21.9 Å². The van der Waals surface area contributed by atoms with Gasteiger partial charge in [-0.3, -0.25) is 5.43 Å². The Morgan fingerprint density at radius 2 is 1.40 bits per heavy atom. The van der Waals surface area contributed by atoms with E-state index < -0.39 is 0 Å². The van der Waals surface area contributed by atoms with Crippen LogP contribution in [0.4, 0.5) is 0 Å². The van der Waals surface area contributed by atoms with Crippen LogP contribution in [0.3, 0.4) is 0 Å². The van der Waals surface area contributed by atoms with Crippen molar-refractivity contribution in [1.82, 2.24) is 5.43 Å². The van der Waals surface area contributed by atoms with Gasteiger partial charge in [0.05, 0.1) is 6.21 Å². The molecular formula is C14H15ClN3RuS+. The molecule has 0 aliphatic heterocycles. The molecule has 0 unspecified atom stereocenters. The van der Waals surface area contributed by atoms with Gasteiger partial charge in [0.2, 0.25) is 0 Å². The first-order valence-electron chi connectivity index (χ1n) is 5.56. The maximum Gasteiger partial charge on any atom is -0.0623 e. The van der Waals surface area contributed by atoms with Crippen molar-refractivity contribution in [3.63, 3.8) is 0 Å². The Morgan fingerprint density at radius 1 is 1.00 bits per heavy atom. The molecule has 0 aliphatic rings. The number of nitrogens with two attached hydrogens (primary N) is 1. The Balaban J connectivity index is 0.000000377. The van der Waals surface area contributed by atoms with Crippen molar-refractivity contribution >= 4 is 33.2 Å². The van der Waals surface area contributed by atoms with E-state index >= 15 is 0 Å². The fourth-order valence-corrected chi connectivity index (χ4v) is 1.15. The van der Waals surface area contributed by atoms with Gasteiger partial charge in [0.15, 0.2) is 5.11 Å². The molecule has 0 saturated carbocycles. The van der Waals surface area contributed by atoms with Gasteiger partial charge in [0.25, 0.3) is 0 Å². The van der Waals surface area contributed by atoms with Gasteiger partial charge >= 0.3 is 27.0 Å². The summed E-state index contributed by atoms with van der Waals surface area (Å²) in [5.74, 6) is 0. The fourth-order valence-electron chi connectivity index (χ4n) is 1.09. The average molecular weight is 394 g/mol. The van der Waals surface area contributed by atoms with E-state index in [9.17, 15) is 0 Å². The molecule has 6 heteroatoms. The fraction of sp³-hybridized carbons (Fsp3) is 0. The van der Waals surface area contributed by atoms with E-state index in [0.29, 0.717) is 0 Å². The molecule has 0 radical (unpaired) electrons. The number of hydrogen-bond donors (Lipinski definition) is 2. The first kappa shape index (κ1) is 18.7. The molecular weight excluding hydrogens is 379 g/mol. The van der Waals surface area contributed by atoms with Crippen LogP contribution in [0.1, 0.15) is 5.56 Å². The molecule has 0 amide bonds. The molecule has 2 aromatic rings. The average Bonchev–Trinajstić information content (AvgIpc) is 2.52. The smallest absolute Gasteiger partial charge is 0.0623 e. The Kier molecular flexibility index (Phi) is 13.2. The predicted octanol–water partition coefficient (Wildman–Crippen LogP) is 3.23. The van der Waals surface area contributed by atoms with Crippen LogP contribution < -0.4 is 11.2 Å². The summed E-state index contributed by atoms with van der Waals surface area (Å²) in [6.07, 6.45) is 1.65. The normalized spacial score (nSPS) is 8.70. The van der Waals surface area contributed by atoms with Gasteiger partial charge in [-0.15, -0.1) is 0 Å².